The molecule has 70 valence electrons. The van der Waals surface area contributed by atoms with Crippen LogP contribution in [0.4, 0.5) is 0 Å². The molecular weight excluding hydrogens is 164 g/mol. The molecular formula is C11H14O2. The van der Waals surface area contributed by atoms with Crippen molar-refractivity contribution in [3.63, 3.8) is 0 Å². The van der Waals surface area contributed by atoms with Gasteiger partial charge in [0.1, 0.15) is 5.75 Å². The van der Waals surface area contributed by atoms with Crippen LogP contribution in [-0.4, -0.2) is 12.2 Å². The van der Waals surface area contributed by atoms with Gasteiger partial charge in [-0.25, -0.2) is 0 Å². The van der Waals surface area contributed by atoms with Crippen molar-refractivity contribution >= 4 is 0 Å². The number of fused-ring (bicyclic) bond motifs is 1. The normalized spacial score (nSPS) is 20.9. The minimum atomic E-state index is -0.333. The SMILES string of the molecule is COc1cccc2c1C(O)CCC2. The summed E-state index contributed by atoms with van der Waals surface area (Å²) >= 11 is 0. The van der Waals surface area contributed by atoms with Crippen molar-refractivity contribution in [3.05, 3.63) is 29.3 Å². The van der Waals surface area contributed by atoms with Gasteiger partial charge in [0.2, 0.25) is 0 Å². The van der Waals surface area contributed by atoms with E-state index in [4.69, 9.17) is 4.74 Å². The lowest BCUT2D eigenvalue weighted by atomic mass is 9.89. The van der Waals surface area contributed by atoms with E-state index in [0.29, 0.717) is 0 Å². The van der Waals surface area contributed by atoms with Crippen LogP contribution in [0.15, 0.2) is 18.2 Å². The molecule has 0 heterocycles. The van der Waals surface area contributed by atoms with Gasteiger partial charge in [-0.05, 0) is 30.9 Å². The Bertz CT molecular complexity index is 293. The molecule has 0 aromatic heterocycles. The van der Waals surface area contributed by atoms with E-state index in [1.54, 1.807) is 7.11 Å². The van der Waals surface area contributed by atoms with Crippen LogP contribution in [0.25, 0.3) is 0 Å². The zero-order chi connectivity index (χ0) is 9.26. The quantitative estimate of drug-likeness (QED) is 0.713. The maximum atomic E-state index is 9.79. The smallest absolute Gasteiger partial charge is 0.124 e. The predicted molar refractivity (Wildman–Crippen MR) is 50.9 cm³/mol. The van der Waals surface area contributed by atoms with E-state index in [1.807, 2.05) is 12.1 Å². The van der Waals surface area contributed by atoms with Crippen LogP contribution in [0.1, 0.15) is 30.1 Å². The van der Waals surface area contributed by atoms with Crippen molar-refractivity contribution in [2.45, 2.75) is 25.4 Å². The molecule has 1 aliphatic rings. The molecule has 0 saturated carbocycles. The van der Waals surface area contributed by atoms with Crippen molar-refractivity contribution in [2.24, 2.45) is 0 Å². The van der Waals surface area contributed by atoms with Crippen LogP contribution < -0.4 is 4.74 Å². The molecule has 1 aromatic rings. The van der Waals surface area contributed by atoms with Crippen molar-refractivity contribution < 1.29 is 9.84 Å². The van der Waals surface area contributed by atoms with Crippen molar-refractivity contribution in [1.82, 2.24) is 0 Å². The second-order valence-corrected chi connectivity index (χ2v) is 3.44. The summed E-state index contributed by atoms with van der Waals surface area (Å²) in [6, 6.07) is 5.96. The van der Waals surface area contributed by atoms with Gasteiger partial charge in [-0.15, -0.1) is 0 Å². The second kappa shape index (κ2) is 3.38. The van der Waals surface area contributed by atoms with Gasteiger partial charge in [0.25, 0.3) is 0 Å². The molecule has 2 rings (SSSR count). The average Bonchev–Trinajstić information content (AvgIpc) is 2.17. The fourth-order valence-electron chi connectivity index (χ4n) is 1.99. The topological polar surface area (TPSA) is 29.5 Å². The largest absolute Gasteiger partial charge is 0.496 e. The third-order valence-electron chi connectivity index (χ3n) is 2.63. The lowest BCUT2D eigenvalue weighted by Crippen LogP contribution is -2.10. The number of benzene rings is 1. The monoisotopic (exact) mass is 178 g/mol. The van der Waals surface area contributed by atoms with Crippen molar-refractivity contribution in [1.29, 1.82) is 0 Å². The highest BCUT2D eigenvalue weighted by atomic mass is 16.5. The average molecular weight is 178 g/mol. The number of aliphatic hydroxyl groups is 1. The van der Waals surface area contributed by atoms with Gasteiger partial charge in [-0.1, -0.05) is 12.1 Å². The third kappa shape index (κ3) is 1.42. The Morgan fingerprint density at radius 1 is 1.46 bits per heavy atom. The highest BCUT2D eigenvalue weighted by Gasteiger charge is 2.21. The standard InChI is InChI=1S/C11H14O2/c1-13-10-7-3-5-8-4-2-6-9(12)11(8)10/h3,5,7,9,12H,2,4,6H2,1H3. The summed E-state index contributed by atoms with van der Waals surface area (Å²) < 4.78 is 5.22. The zero-order valence-corrected chi connectivity index (χ0v) is 7.79. The Hall–Kier alpha value is -1.02. The molecule has 0 aliphatic heterocycles. The molecule has 1 unspecified atom stereocenters. The molecule has 1 N–H and O–H groups in total. The molecule has 0 amide bonds. The van der Waals surface area contributed by atoms with Crippen LogP contribution in [0.3, 0.4) is 0 Å². The van der Waals surface area contributed by atoms with E-state index in [-0.39, 0.29) is 6.10 Å². The highest BCUT2D eigenvalue weighted by molar-refractivity contribution is 5.43. The molecule has 0 spiro atoms. The minimum Gasteiger partial charge on any atom is -0.496 e. The first-order valence-electron chi connectivity index (χ1n) is 4.67. The molecule has 0 bridgehead atoms. The van der Waals surface area contributed by atoms with E-state index >= 15 is 0 Å². The number of hydrogen-bond acceptors (Lipinski definition) is 2. The van der Waals surface area contributed by atoms with Crippen LogP contribution in [0, 0.1) is 0 Å². The number of rotatable bonds is 1. The van der Waals surface area contributed by atoms with Crippen LogP contribution in [-0.2, 0) is 6.42 Å². The van der Waals surface area contributed by atoms with Gasteiger partial charge in [-0.2, -0.15) is 0 Å². The Morgan fingerprint density at radius 3 is 3.08 bits per heavy atom. The first kappa shape index (κ1) is 8.57. The molecule has 1 aromatic carbocycles. The number of methoxy groups -OCH3 is 1. The molecule has 1 atom stereocenters. The molecule has 2 heteroatoms. The predicted octanol–water partition coefficient (Wildman–Crippen LogP) is 2.06. The van der Waals surface area contributed by atoms with Gasteiger partial charge >= 0.3 is 0 Å². The van der Waals surface area contributed by atoms with Gasteiger partial charge in [0.15, 0.2) is 0 Å². The van der Waals surface area contributed by atoms with Crippen LogP contribution >= 0.6 is 0 Å². The summed E-state index contributed by atoms with van der Waals surface area (Å²) in [5.41, 5.74) is 2.23. The Labute approximate surface area is 78.2 Å². The number of ether oxygens (including phenoxy) is 1. The molecule has 13 heavy (non-hydrogen) atoms. The summed E-state index contributed by atoms with van der Waals surface area (Å²) in [4.78, 5) is 0. The highest BCUT2D eigenvalue weighted by Crippen LogP contribution is 2.35. The Morgan fingerprint density at radius 2 is 2.31 bits per heavy atom. The molecule has 0 saturated heterocycles. The van der Waals surface area contributed by atoms with Crippen molar-refractivity contribution in [3.8, 4) is 5.75 Å². The number of aryl methyl sites for hydroxylation is 1. The molecule has 2 nitrogen and oxygen atoms in total. The van der Waals surface area contributed by atoms with Crippen LogP contribution in [0.2, 0.25) is 0 Å². The van der Waals surface area contributed by atoms with Crippen molar-refractivity contribution in [2.75, 3.05) is 7.11 Å². The molecule has 1 aliphatic carbocycles. The second-order valence-electron chi connectivity index (χ2n) is 3.44. The fourth-order valence-corrected chi connectivity index (χ4v) is 1.99. The summed E-state index contributed by atoms with van der Waals surface area (Å²) in [5, 5.41) is 9.79. The lowest BCUT2D eigenvalue weighted by molar-refractivity contribution is 0.152. The first-order valence-corrected chi connectivity index (χ1v) is 4.67. The maximum absolute atomic E-state index is 9.79. The Balaban J connectivity index is 2.50. The van der Waals surface area contributed by atoms with Crippen LogP contribution in [0.5, 0.6) is 5.75 Å². The first-order chi connectivity index (χ1) is 6.33. The minimum absolute atomic E-state index is 0.333. The van der Waals surface area contributed by atoms with E-state index in [9.17, 15) is 5.11 Å². The van der Waals surface area contributed by atoms with Gasteiger partial charge in [-0.3, -0.25) is 0 Å². The van der Waals surface area contributed by atoms with Gasteiger partial charge in [0.05, 0.1) is 13.2 Å². The summed E-state index contributed by atoms with van der Waals surface area (Å²) in [6.45, 7) is 0. The summed E-state index contributed by atoms with van der Waals surface area (Å²) in [7, 11) is 1.65. The zero-order valence-electron chi connectivity index (χ0n) is 7.79. The molecule has 0 fully saturated rings. The summed E-state index contributed by atoms with van der Waals surface area (Å²) in [5.74, 6) is 0.824. The number of aliphatic hydroxyl groups excluding tert-OH is 1. The number of hydrogen-bond donors (Lipinski definition) is 1. The molecule has 0 radical (unpaired) electrons. The summed E-state index contributed by atoms with van der Waals surface area (Å²) in [6.07, 6.45) is 2.65. The third-order valence-corrected chi connectivity index (χ3v) is 2.63. The van der Waals surface area contributed by atoms with E-state index in [1.165, 1.54) is 5.56 Å². The fraction of sp³-hybridized carbons (Fsp3) is 0.455. The Kier molecular flexibility index (Phi) is 2.23. The van der Waals surface area contributed by atoms with E-state index < -0.39 is 0 Å². The maximum Gasteiger partial charge on any atom is 0.124 e. The van der Waals surface area contributed by atoms with Gasteiger partial charge in [0, 0.05) is 5.56 Å². The van der Waals surface area contributed by atoms with Gasteiger partial charge < -0.3 is 9.84 Å². The van der Waals surface area contributed by atoms with E-state index in [2.05, 4.69) is 6.07 Å². The van der Waals surface area contributed by atoms with E-state index in [0.717, 1.165) is 30.6 Å². The lowest BCUT2D eigenvalue weighted by Gasteiger charge is -2.23.